The van der Waals surface area contributed by atoms with E-state index >= 15 is 0 Å². The topological polar surface area (TPSA) is 84.6 Å². The number of phenolic OH excluding ortho intramolecular Hbond substituents is 1. The van der Waals surface area contributed by atoms with Gasteiger partial charge >= 0.3 is 0 Å². The number of phenols is 1. The van der Waals surface area contributed by atoms with Crippen LogP contribution in [0, 0.1) is 13.8 Å². The first-order valence-corrected chi connectivity index (χ1v) is 6.47. The van der Waals surface area contributed by atoms with Gasteiger partial charge in [-0.15, -0.1) is 0 Å². The Kier molecular flexibility index (Phi) is 4.03. The molecule has 5 nitrogen and oxygen atoms in total. The lowest BCUT2D eigenvalue weighted by Crippen LogP contribution is -2.13. The number of anilines is 2. The fraction of sp³-hybridized carbons (Fsp3) is 0.188. The maximum atomic E-state index is 12.3. The highest BCUT2D eigenvalue weighted by Gasteiger charge is 2.14. The predicted molar refractivity (Wildman–Crippen MR) is 82.9 cm³/mol. The molecule has 2 aromatic carbocycles. The van der Waals surface area contributed by atoms with Crippen molar-refractivity contribution in [2.75, 3.05) is 18.2 Å². The number of carbonyl (C=O) groups is 1. The second-order valence-corrected chi connectivity index (χ2v) is 4.86. The summed E-state index contributed by atoms with van der Waals surface area (Å²) in [7, 11) is 1.50. The van der Waals surface area contributed by atoms with Gasteiger partial charge in [0.05, 0.1) is 12.7 Å². The summed E-state index contributed by atoms with van der Waals surface area (Å²) in [6.07, 6.45) is 0. The van der Waals surface area contributed by atoms with Crippen molar-refractivity contribution < 1.29 is 14.6 Å². The van der Waals surface area contributed by atoms with Crippen LogP contribution in [0.15, 0.2) is 30.3 Å². The Labute approximate surface area is 123 Å². The first-order chi connectivity index (χ1) is 9.92. The van der Waals surface area contributed by atoms with Crippen molar-refractivity contribution in [1.82, 2.24) is 0 Å². The molecule has 110 valence electrons. The lowest BCUT2D eigenvalue weighted by atomic mass is 10.1. The van der Waals surface area contributed by atoms with E-state index < -0.39 is 5.91 Å². The Morgan fingerprint density at radius 3 is 2.57 bits per heavy atom. The number of nitrogen functional groups attached to an aromatic ring is 1. The van der Waals surface area contributed by atoms with Gasteiger partial charge in [0.25, 0.3) is 5.91 Å². The van der Waals surface area contributed by atoms with Crippen molar-refractivity contribution >= 4 is 17.3 Å². The molecule has 0 saturated heterocycles. The van der Waals surface area contributed by atoms with E-state index in [2.05, 4.69) is 5.32 Å². The SMILES string of the molecule is COc1ccc(O)c(C(=O)Nc2cc(C)c(N)cc2C)c1. The lowest BCUT2D eigenvalue weighted by Gasteiger charge is -2.12. The van der Waals surface area contributed by atoms with Crippen LogP contribution in [-0.2, 0) is 0 Å². The van der Waals surface area contributed by atoms with Gasteiger partial charge in [0.15, 0.2) is 0 Å². The van der Waals surface area contributed by atoms with Gasteiger partial charge in [0.1, 0.15) is 11.5 Å². The Morgan fingerprint density at radius 2 is 1.90 bits per heavy atom. The number of benzene rings is 2. The molecule has 1 amide bonds. The van der Waals surface area contributed by atoms with Gasteiger partial charge in [-0.05, 0) is 55.3 Å². The van der Waals surface area contributed by atoms with Gasteiger partial charge in [-0.1, -0.05) is 0 Å². The third-order valence-corrected chi connectivity index (χ3v) is 3.31. The van der Waals surface area contributed by atoms with Crippen molar-refractivity contribution in [2.45, 2.75) is 13.8 Å². The number of ether oxygens (including phenoxy) is 1. The molecule has 21 heavy (non-hydrogen) atoms. The molecule has 0 saturated carbocycles. The van der Waals surface area contributed by atoms with Crippen molar-refractivity contribution in [1.29, 1.82) is 0 Å². The number of aryl methyl sites for hydroxylation is 2. The second-order valence-electron chi connectivity index (χ2n) is 4.86. The summed E-state index contributed by atoms with van der Waals surface area (Å²) in [6, 6.07) is 8.11. The van der Waals surface area contributed by atoms with Crippen molar-refractivity contribution in [2.24, 2.45) is 0 Å². The van der Waals surface area contributed by atoms with Gasteiger partial charge in [-0.2, -0.15) is 0 Å². The molecular weight excluding hydrogens is 268 g/mol. The molecule has 0 bridgehead atoms. The highest BCUT2D eigenvalue weighted by molar-refractivity contribution is 6.06. The smallest absolute Gasteiger partial charge is 0.259 e. The van der Waals surface area contributed by atoms with Gasteiger partial charge in [-0.3, -0.25) is 4.79 Å². The average Bonchev–Trinajstić information content (AvgIpc) is 2.45. The molecule has 0 aliphatic carbocycles. The number of hydrogen-bond acceptors (Lipinski definition) is 4. The van der Waals surface area contributed by atoms with E-state index in [9.17, 15) is 9.90 Å². The van der Waals surface area contributed by atoms with E-state index in [1.165, 1.54) is 19.2 Å². The highest BCUT2D eigenvalue weighted by atomic mass is 16.5. The van der Waals surface area contributed by atoms with E-state index in [0.717, 1.165) is 11.1 Å². The number of rotatable bonds is 3. The fourth-order valence-electron chi connectivity index (χ4n) is 1.99. The molecule has 0 atom stereocenters. The summed E-state index contributed by atoms with van der Waals surface area (Å²) in [5.74, 6) is -0.0000462. The Balaban J connectivity index is 2.32. The molecule has 0 aliphatic rings. The third-order valence-electron chi connectivity index (χ3n) is 3.31. The number of hydrogen-bond donors (Lipinski definition) is 3. The van der Waals surface area contributed by atoms with Crippen LogP contribution in [-0.4, -0.2) is 18.1 Å². The molecule has 0 radical (unpaired) electrons. The van der Waals surface area contributed by atoms with E-state index in [1.807, 2.05) is 13.8 Å². The van der Waals surface area contributed by atoms with E-state index in [1.54, 1.807) is 18.2 Å². The molecule has 0 spiro atoms. The van der Waals surface area contributed by atoms with Crippen LogP contribution in [0.5, 0.6) is 11.5 Å². The maximum Gasteiger partial charge on any atom is 0.259 e. The summed E-state index contributed by atoms with van der Waals surface area (Å²) in [5.41, 5.74) is 9.05. The average molecular weight is 286 g/mol. The van der Waals surface area contributed by atoms with Crippen molar-refractivity contribution in [3.63, 3.8) is 0 Å². The first kappa shape index (κ1) is 14.7. The molecule has 0 heterocycles. The summed E-state index contributed by atoms with van der Waals surface area (Å²) >= 11 is 0. The zero-order valence-electron chi connectivity index (χ0n) is 12.2. The van der Waals surface area contributed by atoms with Gasteiger partial charge < -0.3 is 20.9 Å². The number of nitrogens with one attached hydrogen (secondary N) is 1. The van der Waals surface area contributed by atoms with Crippen LogP contribution >= 0.6 is 0 Å². The third kappa shape index (κ3) is 3.08. The standard InChI is InChI=1S/C16H18N2O3/c1-9-7-14(10(2)6-13(9)17)18-16(20)12-8-11(21-3)4-5-15(12)19/h4-8,19H,17H2,1-3H3,(H,18,20). The largest absolute Gasteiger partial charge is 0.507 e. The fourth-order valence-corrected chi connectivity index (χ4v) is 1.99. The number of aromatic hydroxyl groups is 1. The van der Waals surface area contributed by atoms with Crippen LogP contribution < -0.4 is 15.8 Å². The Morgan fingerprint density at radius 1 is 1.19 bits per heavy atom. The number of amides is 1. The Hall–Kier alpha value is -2.69. The van der Waals surface area contributed by atoms with Crippen LogP contribution in [0.1, 0.15) is 21.5 Å². The highest BCUT2D eigenvalue weighted by Crippen LogP contribution is 2.26. The van der Waals surface area contributed by atoms with Gasteiger partial charge in [-0.25, -0.2) is 0 Å². The normalized spacial score (nSPS) is 10.2. The summed E-state index contributed by atoms with van der Waals surface area (Å²) in [5, 5.41) is 12.6. The van der Waals surface area contributed by atoms with E-state index in [0.29, 0.717) is 17.1 Å². The van der Waals surface area contributed by atoms with Crippen molar-refractivity contribution in [3.8, 4) is 11.5 Å². The molecule has 2 aromatic rings. The van der Waals surface area contributed by atoms with Gasteiger partial charge in [0.2, 0.25) is 0 Å². The van der Waals surface area contributed by atoms with E-state index in [-0.39, 0.29) is 11.3 Å². The van der Waals surface area contributed by atoms with Crippen LogP contribution in [0.25, 0.3) is 0 Å². The molecule has 0 aromatic heterocycles. The monoisotopic (exact) mass is 286 g/mol. The summed E-state index contributed by atoms with van der Waals surface area (Å²) in [4.78, 5) is 12.3. The second kappa shape index (κ2) is 5.75. The molecule has 0 fully saturated rings. The quantitative estimate of drug-likeness (QED) is 0.757. The minimum absolute atomic E-state index is 0.0990. The predicted octanol–water partition coefficient (Wildman–Crippen LogP) is 2.85. The van der Waals surface area contributed by atoms with Crippen LogP contribution in [0.2, 0.25) is 0 Å². The van der Waals surface area contributed by atoms with Crippen LogP contribution in [0.4, 0.5) is 11.4 Å². The Bertz CT molecular complexity index is 696. The zero-order valence-corrected chi connectivity index (χ0v) is 12.2. The minimum Gasteiger partial charge on any atom is -0.507 e. The van der Waals surface area contributed by atoms with Crippen LogP contribution in [0.3, 0.4) is 0 Å². The zero-order chi connectivity index (χ0) is 15.6. The molecular formula is C16H18N2O3. The van der Waals surface area contributed by atoms with Gasteiger partial charge in [0, 0.05) is 11.4 Å². The number of nitrogens with two attached hydrogens (primary N) is 1. The lowest BCUT2D eigenvalue weighted by molar-refractivity contribution is 0.102. The minimum atomic E-state index is -0.404. The molecule has 5 heteroatoms. The number of carbonyl (C=O) groups excluding carboxylic acids is 1. The molecule has 0 aliphatic heterocycles. The summed E-state index contributed by atoms with van der Waals surface area (Å²) in [6.45, 7) is 3.73. The maximum absolute atomic E-state index is 12.3. The molecule has 4 N–H and O–H groups in total. The molecule has 0 unspecified atom stereocenters. The molecule has 2 rings (SSSR count). The summed E-state index contributed by atoms with van der Waals surface area (Å²) < 4.78 is 5.06. The van der Waals surface area contributed by atoms with Crippen molar-refractivity contribution in [3.05, 3.63) is 47.0 Å². The number of methoxy groups -OCH3 is 1. The first-order valence-electron chi connectivity index (χ1n) is 6.47. The van der Waals surface area contributed by atoms with E-state index in [4.69, 9.17) is 10.5 Å².